The zero-order valence-electron chi connectivity index (χ0n) is 11.6. The van der Waals surface area contributed by atoms with Gasteiger partial charge in [-0.25, -0.2) is 0 Å². The molecule has 0 heterocycles. The maximum atomic E-state index is 6.36. The quantitative estimate of drug-likeness (QED) is 0.663. The minimum absolute atomic E-state index is 0.0811. The van der Waals surface area contributed by atoms with Crippen LogP contribution >= 0.6 is 0 Å². The van der Waals surface area contributed by atoms with Crippen LogP contribution in [0.1, 0.15) is 47.0 Å². The highest BCUT2D eigenvalue weighted by atomic mass is 16.5. The Labute approximate surface area is 101 Å². The fraction of sp³-hybridized carbons (Fsp3) is 1.00. The molecule has 0 rings (SSSR count). The van der Waals surface area contributed by atoms with Crippen molar-refractivity contribution >= 4 is 0 Å². The van der Waals surface area contributed by atoms with Gasteiger partial charge in [0.05, 0.1) is 5.60 Å². The van der Waals surface area contributed by atoms with E-state index in [2.05, 4.69) is 20.8 Å². The highest BCUT2D eigenvalue weighted by Crippen LogP contribution is 2.29. The molecule has 2 atom stereocenters. The van der Waals surface area contributed by atoms with E-state index in [1.165, 1.54) is 0 Å². The second-order valence-corrected chi connectivity index (χ2v) is 4.49. The van der Waals surface area contributed by atoms with Crippen molar-refractivity contribution < 1.29 is 9.47 Å². The second-order valence-electron chi connectivity index (χ2n) is 4.49. The van der Waals surface area contributed by atoms with Crippen LogP contribution < -0.4 is 5.73 Å². The van der Waals surface area contributed by atoms with Crippen molar-refractivity contribution in [1.29, 1.82) is 0 Å². The fourth-order valence-electron chi connectivity index (χ4n) is 2.31. The van der Waals surface area contributed by atoms with Gasteiger partial charge in [0.1, 0.15) is 0 Å². The third-order valence-corrected chi connectivity index (χ3v) is 3.63. The SMILES string of the molecule is CCOC(CC)(CC)C(N)C(C)CCOC. The summed E-state index contributed by atoms with van der Waals surface area (Å²) in [6, 6.07) is 0.0811. The van der Waals surface area contributed by atoms with Crippen LogP contribution in [0.2, 0.25) is 0 Å². The topological polar surface area (TPSA) is 44.5 Å². The number of hydrogen-bond acceptors (Lipinski definition) is 3. The zero-order valence-corrected chi connectivity index (χ0v) is 11.6. The molecule has 0 aliphatic carbocycles. The van der Waals surface area contributed by atoms with Crippen LogP contribution in [0.5, 0.6) is 0 Å². The fourth-order valence-corrected chi connectivity index (χ4v) is 2.31. The Hall–Kier alpha value is -0.120. The Bertz CT molecular complexity index is 169. The predicted octanol–water partition coefficient (Wildman–Crippen LogP) is 2.58. The van der Waals surface area contributed by atoms with Crippen molar-refractivity contribution in [3.05, 3.63) is 0 Å². The van der Waals surface area contributed by atoms with Crippen LogP contribution in [0.4, 0.5) is 0 Å². The summed E-state index contributed by atoms with van der Waals surface area (Å²) in [6.45, 7) is 10.0. The maximum absolute atomic E-state index is 6.36. The lowest BCUT2D eigenvalue weighted by molar-refractivity contribution is -0.0761. The minimum atomic E-state index is -0.165. The Kier molecular flexibility index (Phi) is 7.98. The van der Waals surface area contributed by atoms with E-state index in [0.29, 0.717) is 5.92 Å². The number of rotatable bonds is 9. The summed E-state index contributed by atoms with van der Waals surface area (Å²) in [5.41, 5.74) is 6.20. The van der Waals surface area contributed by atoms with Crippen molar-refractivity contribution in [3.63, 3.8) is 0 Å². The molecule has 0 amide bonds. The van der Waals surface area contributed by atoms with Gasteiger partial charge in [-0.3, -0.25) is 0 Å². The van der Waals surface area contributed by atoms with Crippen molar-refractivity contribution in [1.82, 2.24) is 0 Å². The molecule has 0 aromatic rings. The zero-order chi connectivity index (χ0) is 12.6. The average molecular weight is 231 g/mol. The summed E-state index contributed by atoms with van der Waals surface area (Å²) in [7, 11) is 1.73. The van der Waals surface area contributed by atoms with Crippen LogP contribution in [-0.4, -0.2) is 32.0 Å². The first-order chi connectivity index (χ1) is 7.57. The molecule has 0 bridgehead atoms. The molecular weight excluding hydrogens is 202 g/mol. The summed E-state index contributed by atoms with van der Waals surface area (Å²) in [5.74, 6) is 0.423. The molecule has 3 heteroatoms. The third-order valence-electron chi connectivity index (χ3n) is 3.63. The number of hydrogen-bond donors (Lipinski definition) is 1. The number of ether oxygens (including phenoxy) is 2. The first-order valence-corrected chi connectivity index (χ1v) is 6.46. The van der Waals surface area contributed by atoms with Gasteiger partial charge in [0, 0.05) is 26.4 Å². The van der Waals surface area contributed by atoms with Gasteiger partial charge in [0.15, 0.2) is 0 Å². The Balaban J connectivity index is 4.51. The van der Waals surface area contributed by atoms with E-state index in [9.17, 15) is 0 Å². The first kappa shape index (κ1) is 15.9. The normalized spacial score (nSPS) is 16.1. The van der Waals surface area contributed by atoms with Crippen LogP contribution in [-0.2, 0) is 9.47 Å². The molecule has 0 aromatic heterocycles. The van der Waals surface area contributed by atoms with Gasteiger partial charge in [0.25, 0.3) is 0 Å². The summed E-state index contributed by atoms with van der Waals surface area (Å²) < 4.78 is 11.0. The highest BCUT2D eigenvalue weighted by molar-refractivity contribution is 4.92. The number of methoxy groups -OCH3 is 1. The van der Waals surface area contributed by atoms with Gasteiger partial charge in [-0.15, -0.1) is 0 Å². The van der Waals surface area contributed by atoms with Gasteiger partial charge in [-0.05, 0) is 32.1 Å². The van der Waals surface area contributed by atoms with Crippen molar-refractivity contribution in [2.24, 2.45) is 11.7 Å². The molecule has 0 radical (unpaired) electrons. The Morgan fingerprint density at radius 1 is 1.19 bits per heavy atom. The monoisotopic (exact) mass is 231 g/mol. The smallest absolute Gasteiger partial charge is 0.0829 e. The first-order valence-electron chi connectivity index (χ1n) is 6.46. The molecule has 0 aliphatic rings. The molecule has 2 N–H and O–H groups in total. The van der Waals surface area contributed by atoms with Gasteiger partial charge < -0.3 is 15.2 Å². The lowest BCUT2D eigenvalue weighted by Crippen LogP contribution is -2.53. The van der Waals surface area contributed by atoms with E-state index in [1.54, 1.807) is 7.11 Å². The van der Waals surface area contributed by atoms with E-state index in [-0.39, 0.29) is 11.6 Å². The van der Waals surface area contributed by atoms with E-state index in [0.717, 1.165) is 32.5 Å². The molecule has 16 heavy (non-hydrogen) atoms. The van der Waals surface area contributed by atoms with Crippen molar-refractivity contribution in [2.75, 3.05) is 20.3 Å². The van der Waals surface area contributed by atoms with E-state index in [1.807, 2.05) is 6.92 Å². The third kappa shape index (κ3) is 4.04. The van der Waals surface area contributed by atoms with Gasteiger partial charge in [-0.2, -0.15) is 0 Å². The molecule has 0 fully saturated rings. The summed E-state index contributed by atoms with van der Waals surface area (Å²) in [6.07, 6.45) is 2.93. The van der Waals surface area contributed by atoms with Gasteiger partial charge >= 0.3 is 0 Å². The molecule has 0 saturated carbocycles. The van der Waals surface area contributed by atoms with Crippen LogP contribution in [0.3, 0.4) is 0 Å². The van der Waals surface area contributed by atoms with Crippen molar-refractivity contribution in [2.45, 2.75) is 58.6 Å². The van der Waals surface area contributed by atoms with E-state index < -0.39 is 0 Å². The standard InChI is InChI=1S/C13H29NO2/c1-6-13(7-2,16-8-3)12(14)11(4)9-10-15-5/h11-12H,6-10,14H2,1-5H3. The molecule has 98 valence electrons. The summed E-state index contributed by atoms with van der Waals surface area (Å²) >= 11 is 0. The summed E-state index contributed by atoms with van der Waals surface area (Å²) in [5, 5.41) is 0. The van der Waals surface area contributed by atoms with Crippen molar-refractivity contribution in [3.8, 4) is 0 Å². The van der Waals surface area contributed by atoms with Gasteiger partial charge in [-0.1, -0.05) is 20.8 Å². The molecular formula is C13H29NO2. The Morgan fingerprint density at radius 3 is 2.12 bits per heavy atom. The number of nitrogens with two attached hydrogens (primary N) is 1. The summed E-state index contributed by atoms with van der Waals surface area (Å²) in [4.78, 5) is 0. The predicted molar refractivity (Wildman–Crippen MR) is 68.6 cm³/mol. The largest absolute Gasteiger partial charge is 0.385 e. The highest BCUT2D eigenvalue weighted by Gasteiger charge is 2.36. The van der Waals surface area contributed by atoms with E-state index >= 15 is 0 Å². The van der Waals surface area contributed by atoms with Crippen LogP contribution in [0, 0.1) is 5.92 Å². The van der Waals surface area contributed by atoms with E-state index in [4.69, 9.17) is 15.2 Å². The molecule has 0 aromatic carbocycles. The second kappa shape index (κ2) is 8.04. The average Bonchev–Trinajstić information content (AvgIpc) is 2.32. The lowest BCUT2D eigenvalue weighted by atomic mass is 9.80. The molecule has 0 aliphatic heterocycles. The molecule has 0 saturated heterocycles. The minimum Gasteiger partial charge on any atom is -0.385 e. The molecule has 0 spiro atoms. The molecule has 2 unspecified atom stereocenters. The maximum Gasteiger partial charge on any atom is 0.0829 e. The lowest BCUT2D eigenvalue weighted by Gasteiger charge is -2.40. The van der Waals surface area contributed by atoms with Crippen LogP contribution in [0.15, 0.2) is 0 Å². The van der Waals surface area contributed by atoms with Crippen LogP contribution in [0.25, 0.3) is 0 Å². The van der Waals surface area contributed by atoms with Gasteiger partial charge in [0.2, 0.25) is 0 Å². The Morgan fingerprint density at radius 2 is 1.75 bits per heavy atom. The molecule has 3 nitrogen and oxygen atoms in total.